The average molecular weight is 279 g/mol. The van der Waals surface area contributed by atoms with Gasteiger partial charge in [-0.1, -0.05) is 12.1 Å². The molecule has 5 heteroatoms. The lowest BCUT2D eigenvalue weighted by Gasteiger charge is -2.08. The van der Waals surface area contributed by atoms with Gasteiger partial charge in [-0.05, 0) is 35.9 Å². The van der Waals surface area contributed by atoms with Gasteiger partial charge in [0.05, 0.1) is 28.6 Å². The van der Waals surface area contributed by atoms with E-state index in [0.717, 1.165) is 0 Å². The quantitative estimate of drug-likeness (QED) is 0.875. The van der Waals surface area contributed by atoms with E-state index >= 15 is 0 Å². The Kier molecular flexibility index (Phi) is 4.16. The van der Waals surface area contributed by atoms with E-state index in [9.17, 15) is 8.60 Å². The lowest BCUT2D eigenvalue weighted by Crippen LogP contribution is -2.00. The Bertz CT molecular complexity index is 596. The smallest absolute Gasteiger partial charge is 0.134 e. The van der Waals surface area contributed by atoms with Crippen molar-refractivity contribution in [3.8, 4) is 5.75 Å². The normalized spacial score (nSPS) is 12.1. The highest BCUT2D eigenvalue weighted by atomic mass is 32.2. The Morgan fingerprint density at radius 2 is 2.00 bits per heavy atom. The highest BCUT2D eigenvalue weighted by molar-refractivity contribution is 7.84. The molecule has 1 atom stereocenters. The molecule has 0 bridgehead atoms. The molecular weight excluding hydrogens is 265 g/mol. The van der Waals surface area contributed by atoms with E-state index in [4.69, 9.17) is 10.5 Å². The number of para-hydroxylation sites is 1. The Hall–Kier alpha value is -1.88. The van der Waals surface area contributed by atoms with Crippen molar-refractivity contribution in [2.45, 2.75) is 10.6 Å². The predicted molar refractivity (Wildman–Crippen MR) is 73.9 cm³/mol. The van der Waals surface area contributed by atoms with Gasteiger partial charge < -0.3 is 10.5 Å². The fourth-order valence-electron chi connectivity index (χ4n) is 1.79. The molecule has 2 N–H and O–H groups in total. The Morgan fingerprint density at radius 3 is 2.68 bits per heavy atom. The molecule has 3 nitrogen and oxygen atoms in total. The Balaban J connectivity index is 2.25. The second kappa shape index (κ2) is 5.84. The molecule has 0 spiro atoms. The van der Waals surface area contributed by atoms with Gasteiger partial charge >= 0.3 is 0 Å². The van der Waals surface area contributed by atoms with Crippen LogP contribution in [0.4, 0.5) is 10.1 Å². The molecule has 19 heavy (non-hydrogen) atoms. The number of hydrogen-bond donors (Lipinski definition) is 1. The molecule has 0 amide bonds. The zero-order valence-corrected chi connectivity index (χ0v) is 11.2. The van der Waals surface area contributed by atoms with E-state index in [0.29, 0.717) is 21.9 Å². The molecular formula is C14H14FNO2S. The van der Waals surface area contributed by atoms with Gasteiger partial charge in [-0.15, -0.1) is 0 Å². The zero-order chi connectivity index (χ0) is 13.8. The maximum absolute atomic E-state index is 13.2. The van der Waals surface area contributed by atoms with Crippen molar-refractivity contribution < 1.29 is 13.3 Å². The number of methoxy groups -OCH3 is 1. The molecule has 0 fully saturated rings. The summed E-state index contributed by atoms with van der Waals surface area (Å²) in [7, 11) is 0.214. The van der Waals surface area contributed by atoms with Gasteiger partial charge in [0, 0.05) is 5.69 Å². The summed E-state index contributed by atoms with van der Waals surface area (Å²) in [4.78, 5) is 0.591. The van der Waals surface area contributed by atoms with Crippen molar-refractivity contribution >= 4 is 16.5 Å². The summed E-state index contributed by atoms with van der Waals surface area (Å²) in [6.07, 6.45) is 0. The first-order chi connectivity index (χ1) is 9.10. The summed E-state index contributed by atoms with van der Waals surface area (Å²) in [5.74, 6) is 0.333. The van der Waals surface area contributed by atoms with Gasteiger partial charge in [-0.25, -0.2) is 4.39 Å². The number of nitrogens with two attached hydrogens (primary N) is 1. The van der Waals surface area contributed by atoms with E-state index in [1.54, 1.807) is 30.3 Å². The van der Waals surface area contributed by atoms with Crippen molar-refractivity contribution in [3.05, 3.63) is 53.8 Å². The Morgan fingerprint density at radius 1 is 1.26 bits per heavy atom. The molecule has 0 aliphatic heterocycles. The first-order valence-electron chi connectivity index (χ1n) is 5.66. The third kappa shape index (κ3) is 3.32. The SMILES string of the molecule is COc1ccccc1S(=O)Cc1cc(N)cc(F)c1. The van der Waals surface area contributed by atoms with E-state index < -0.39 is 16.6 Å². The number of halogens is 1. The number of rotatable bonds is 4. The van der Waals surface area contributed by atoms with Crippen LogP contribution in [-0.4, -0.2) is 11.3 Å². The number of hydrogen-bond acceptors (Lipinski definition) is 3. The molecule has 0 aromatic heterocycles. The van der Waals surface area contributed by atoms with Crippen molar-refractivity contribution in [2.75, 3.05) is 12.8 Å². The van der Waals surface area contributed by atoms with Crippen LogP contribution in [0.5, 0.6) is 5.75 Å². The molecule has 0 aliphatic rings. The van der Waals surface area contributed by atoms with Crippen molar-refractivity contribution in [2.24, 2.45) is 0 Å². The molecule has 1 unspecified atom stereocenters. The number of nitrogen functional groups attached to an aromatic ring is 1. The van der Waals surface area contributed by atoms with Crippen molar-refractivity contribution in [3.63, 3.8) is 0 Å². The Labute approximate surface area is 113 Å². The molecule has 2 rings (SSSR count). The standard InChI is InChI=1S/C14H14FNO2S/c1-18-13-4-2-3-5-14(13)19(17)9-10-6-11(15)8-12(16)7-10/h2-8H,9,16H2,1H3. The van der Waals surface area contributed by atoms with Gasteiger partial charge in [-0.2, -0.15) is 0 Å². The predicted octanol–water partition coefficient (Wildman–Crippen LogP) is 2.72. The maximum atomic E-state index is 13.2. The third-order valence-electron chi connectivity index (χ3n) is 2.59. The number of benzene rings is 2. The van der Waals surface area contributed by atoms with Crippen LogP contribution >= 0.6 is 0 Å². The molecule has 0 aliphatic carbocycles. The molecule has 0 saturated heterocycles. The van der Waals surface area contributed by atoms with Crippen LogP contribution in [0, 0.1) is 5.82 Å². The summed E-state index contributed by atoms with van der Waals surface area (Å²) < 4.78 is 30.7. The summed E-state index contributed by atoms with van der Waals surface area (Å²) in [5, 5.41) is 0. The second-order valence-corrected chi connectivity index (χ2v) is 5.45. The van der Waals surface area contributed by atoms with Gasteiger partial charge in [0.1, 0.15) is 11.6 Å². The number of anilines is 1. The number of ether oxygens (including phenoxy) is 1. The van der Waals surface area contributed by atoms with Crippen LogP contribution in [0.3, 0.4) is 0 Å². The largest absolute Gasteiger partial charge is 0.495 e. The second-order valence-electron chi connectivity index (χ2n) is 4.03. The van der Waals surface area contributed by atoms with E-state index in [1.165, 1.54) is 19.2 Å². The van der Waals surface area contributed by atoms with E-state index in [2.05, 4.69) is 0 Å². The topological polar surface area (TPSA) is 52.3 Å². The lowest BCUT2D eigenvalue weighted by molar-refractivity contribution is 0.404. The maximum Gasteiger partial charge on any atom is 0.134 e. The minimum atomic E-state index is -1.31. The minimum Gasteiger partial charge on any atom is -0.495 e. The molecule has 0 radical (unpaired) electrons. The molecule has 2 aromatic carbocycles. The summed E-state index contributed by atoms with van der Waals surface area (Å²) in [6, 6.07) is 11.3. The first-order valence-corrected chi connectivity index (χ1v) is 6.98. The molecule has 0 saturated carbocycles. The van der Waals surface area contributed by atoms with Crippen LogP contribution in [0.2, 0.25) is 0 Å². The van der Waals surface area contributed by atoms with Crippen LogP contribution in [-0.2, 0) is 16.6 Å². The fraction of sp³-hybridized carbons (Fsp3) is 0.143. The van der Waals surface area contributed by atoms with Crippen molar-refractivity contribution in [1.29, 1.82) is 0 Å². The molecule has 100 valence electrons. The highest BCUT2D eigenvalue weighted by Gasteiger charge is 2.11. The summed E-state index contributed by atoms with van der Waals surface area (Å²) in [5.41, 5.74) is 6.49. The third-order valence-corrected chi connectivity index (χ3v) is 4.02. The van der Waals surface area contributed by atoms with Gasteiger partial charge in [0.2, 0.25) is 0 Å². The van der Waals surface area contributed by atoms with Crippen LogP contribution in [0.25, 0.3) is 0 Å². The monoisotopic (exact) mass is 279 g/mol. The fourth-order valence-corrected chi connectivity index (χ4v) is 3.03. The average Bonchev–Trinajstić information content (AvgIpc) is 2.37. The van der Waals surface area contributed by atoms with E-state index in [1.807, 2.05) is 0 Å². The van der Waals surface area contributed by atoms with Crippen LogP contribution < -0.4 is 10.5 Å². The van der Waals surface area contributed by atoms with Gasteiger partial charge in [0.15, 0.2) is 0 Å². The first kappa shape index (κ1) is 13.5. The lowest BCUT2D eigenvalue weighted by atomic mass is 10.2. The highest BCUT2D eigenvalue weighted by Crippen LogP contribution is 2.24. The van der Waals surface area contributed by atoms with Gasteiger partial charge in [-0.3, -0.25) is 4.21 Å². The minimum absolute atomic E-state index is 0.197. The summed E-state index contributed by atoms with van der Waals surface area (Å²) >= 11 is 0. The van der Waals surface area contributed by atoms with Gasteiger partial charge in [0.25, 0.3) is 0 Å². The van der Waals surface area contributed by atoms with Crippen LogP contribution in [0.15, 0.2) is 47.4 Å². The molecule has 0 heterocycles. The van der Waals surface area contributed by atoms with Crippen LogP contribution in [0.1, 0.15) is 5.56 Å². The summed E-state index contributed by atoms with van der Waals surface area (Å²) in [6.45, 7) is 0. The zero-order valence-electron chi connectivity index (χ0n) is 10.4. The van der Waals surface area contributed by atoms with E-state index in [-0.39, 0.29) is 5.75 Å². The van der Waals surface area contributed by atoms with Crippen molar-refractivity contribution in [1.82, 2.24) is 0 Å². The molecule has 2 aromatic rings.